The largest absolute Gasteiger partial charge is 0.376 e. The molecule has 3 heterocycles. The van der Waals surface area contributed by atoms with Crippen molar-refractivity contribution in [3.05, 3.63) is 48.0 Å². The summed E-state index contributed by atoms with van der Waals surface area (Å²) in [7, 11) is 1.91. The van der Waals surface area contributed by atoms with E-state index in [4.69, 9.17) is 0 Å². The van der Waals surface area contributed by atoms with Gasteiger partial charge in [0.2, 0.25) is 0 Å². The van der Waals surface area contributed by atoms with Gasteiger partial charge in [-0.05, 0) is 32.0 Å². The van der Waals surface area contributed by atoms with Gasteiger partial charge >= 0.3 is 0 Å². The van der Waals surface area contributed by atoms with Crippen molar-refractivity contribution in [2.24, 2.45) is 7.05 Å². The highest BCUT2D eigenvalue weighted by molar-refractivity contribution is 5.81. The normalized spacial score (nSPS) is 12.6. The van der Waals surface area contributed by atoms with Crippen molar-refractivity contribution in [2.45, 2.75) is 19.9 Å². The topological polar surface area (TPSA) is 55.6 Å². The number of pyridine rings is 2. The number of nitrogens with one attached hydrogen (secondary N) is 1. The van der Waals surface area contributed by atoms with E-state index in [9.17, 15) is 0 Å². The molecule has 0 aliphatic carbocycles. The Balaban J connectivity index is 1.90. The zero-order chi connectivity index (χ0) is 14.1. The van der Waals surface area contributed by atoms with Crippen molar-refractivity contribution in [2.75, 3.05) is 5.32 Å². The standard InChI is InChI=1S/C15H17N5/c1-10-13-8-12(9-17-15(13)20(3)19-10)18-11(2)14-6-4-5-7-16-14/h4-9,11,18H,1-3H3/t11-/m0/s1. The van der Waals surface area contributed by atoms with Gasteiger partial charge in [-0.2, -0.15) is 5.10 Å². The fraction of sp³-hybridized carbons (Fsp3) is 0.267. The van der Waals surface area contributed by atoms with Crippen molar-refractivity contribution >= 4 is 16.7 Å². The fourth-order valence-corrected chi connectivity index (χ4v) is 2.34. The predicted octanol–water partition coefficient (Wildman–Crippen LogP) is 2.84. The molecule has 102 valence electrons. The van der Waals surface area contributed by atoms with E-state index in [1.807, 2.05) is 38.4 Å². The smallest absolute Gasteiger partial charge is 0.157 e. The second-order valence-electron chi connectivity index (χ2n) is 4.92. The first kappa shape index (κ1) is 12.6. The van der Waals surface area contributed by atoms with Crippen molar-refractivity contribution in [3.8, 4) is 0 Å². The van der Waals surface area contributed by atoms with E-state index in [1.165, 1.54) is 0 Å². The summed E-state index contributed by atoms with van der Waals surface area (Å²) >= 11 is 0. The number of aryl methyl sites for hydroxylation is 2. The van der Waals surface area contributed by atoms with Gasteiger partial charge in [0.15, 0.2) is 5.65 Å². The molecule has 0 amide bonds. The van der Waals surface area contributed by atoms with E-state index in [1.54, 1.807) is 10.9 Å². The summed E-state index contributed by atoms with van der Waals surface area (Å²) in [6.07, 6.45) is 3.64. The highest BCUT2D eigenvalue weighted by Gasteiger charge is 2.10. The molecule has 20 heavy (non-hydrogen) atoms. The number of aromatic nitrogens is 4. The molecule has 0 bridgehead atoms. The highest BCUT2D eigenvalue weighted by Crippen LogP contribution is 2.22. The van der Waals surface area contributed by atoms with Gasteiger partial charge in [-0.25, -0.2) is 4.98 Å². The van der Waals surface area contributed by atoms with Crippen molar-refractivity contribution in [1.29, 1.82) is 0 Å². The Morgan fingerprint density at radius 3 is 2.85 bits per heavy atom. The van der Waals surface area contributed by atoms with Crippen LogP contribution in [0.1, 0.15) is 24.4 Å². The van der Waals surface area contributed by atoms with E-state index in [-0.39, 0.29) is 6.04 Å². The van der Waals surface area contributed by atoms with Crippen LogP contribution < -0.4 is 5.32 Å². The lowest BCUT2D eigenvalue weighted by atomic mass is 10.2. The van der Waals surface area contributed by atoms with E-state index in [2.05, 4.69) is 33.4 Å². The molecule has 0 aliphatic heterocycles. The quantitative estimate of drug-likeness (QED) is 0.792. The maximum absolute atomic E-state index is 4.47. The molecule has 1 N–H and O–H groups in total. The van der Waals surface area contributed by atoms with E-state index >= 15 is 0 Å². The highest BCUT2D eigenvalue weighted by atomic mass is 15.3. The molecule has 0 fully saturated rings. The van der Waals surface area contributed by atoms with Crippen LogP contribution >= 0.6 is 0 Å². The molecule has 0 unspecified atom stereocenters. The lowest BCUT2D eigenvalue weighted by molar-refractivity contribution is 0.773. The molecule has 0 aromatic carbocycles. The van der Waals surface area contributed by atoms with Crippen LogP contribution in [-0.4, -0.2) is 19.7 Å². The molecule has 1 atom stereocenters. The molecule has 3 rings (SSSR count). The van der Waals surface area contributed by atoms with E-state index in [0.717, 1.165) is 28.1 Å². The number of nitrogens with zero attached hydrogens (tertiary/aromatic N) is 4. The van der Waals surface area contributed by atoms with Crippen LogP contribution in [-0.2, 0) is 7.05 Å². The van der Waals surface area contributed by atoms with Crippen LogP contribution in [0.25, 0.3) is 11.0 Å². The summed E-state index contributed by atoms with van der Waals surface area (Å²) in [4.78, 5) is 8.83. The Kier molecular flexibility index (Phi) is 3.10. The van der Waals surface area contributed by atoms with Crippen LogP contribution in [0.15, 0.2) is 36.7 Å². The Morgan fingerprint density at radius 1 is 1.25 bits per heavy atom. The Morgan fingerprint density at radius 2 is 2.10 bits per heavy atom. The first-order valence-corrected chi connectivity index (χ1v) is 6.62. The average molecular weight is 267 g/mol. The van der Waals surface area contributed by atoms with Crippen LogP contribution in [0.5, 0.6) is 0 Å². The third-order valence-corrected chi connectivity index (χ3v) is 3.38. The zero-order valence-electron chi connectivity index (χ0n) is 11.8. The third-order valence-electron chi connectivity index (χ3n) is 3.38. The predicted molar refractivity (Wildman–Crippen MR) is 79.5 cm³/mol. The van der Waals surface area contributed by atoms with Gasteiger partial charge < -0.3 is 5.32 Å². The van der Waals surface area contributed by atoms with Crippen LogP contribution in [0, 0.1) is 6.92 Å². The molecule has 3 aromatic heterocycles. The number of fused-ring (bicyclic) bond motifs is 1. The number of hydrogen-bond acceptors (Lipinski definition) is 4. The van der Waals surface area contributed by atoms with Crippen molar-refractivity contribution in [1.82, 2.24) is 19.7 Å². The molecule has 5 heteroatoms. The molecule has 0 saturated heterocycles. The van der Waals surface area contributed by atoms with Gasteiger partial charge in [0.25, 0.3) is 0 Å². The Bertz CT molecular complexity index is 733. The Labute approximate surface area is 117 Å². The van der Waals surface area contributed by atoms with Crippen molar-refractivity contribution < 1.29 is 0 Å². The SMILES string of the molecule is Cc1nn(C)c2ncc(N[C@@H](C)c3ccccn3)cc12. The molecule has 0 spiro atoms. The van der Waals surface area contributed by atoms with Crippen LogP contribution in [0.3, 0.4) is 0 Å². The zero-order valence-corrected chi connectivity index (χ0v) is 11.8. The number of rotatable bonds is 3. The maximum atomic E-state index is 4.47. The van der Waals surface area contributed by atoms with Crippen molar-refractivity contribution in [3.63, 3.8) is 0 Å². The molecule has 0 aliphatic rings. The lowest BCUT2D eigenvalue weighted by Crippen LogP contribution is -2.08. The molecule has 0 radical (unpaired) electrons. The summed E-state index contributed by atoms with van der Waals surface area (Å²) in [5, 5.41) is 8.88. The molecular formula is C15H17N5. The monoisotopic (exact) mass is 267 g/mol. The summed E-state index contributed by atoms with van der Waals surface area (Å²) in [5.74, 6) is 0. The minimum absolute atomic E-state index is 0.132. The average Bonchev–Trinajstić information content (AvgIpc) is 2.75. The number of hydrogen-bond donors (Lipinski definition) is 1. The second-order valence-corrected chi connectivity index (χ2v) is 4.92. The summed E-state index contributed by atoms with van der Waals surface area (Å²) < 4.78 is 1.80. The van der Waals surface area contributed by atoms with Gasteiger partial charge in [-0.1, -0.05) is 6.07 Å². The molecular weight excluding hydrogens is 250 g/mol. The minimum atomic E-state index is 0.132. The van der Waals surface area contributed by atoms with Crippen LogP contribution in [0.4, 0.5) is 5.69 Å². The molecule has 0 saturated carbocycles. The van der Waals surface area contributed by atoms with E-state index < -0.39 is 0 Å². The summed E-state index contributed by atoms with van der Waals surface area (Å²) in [5.41, 5.74) is 3.88. The lowest BCUT2D eigenvalue weighted by Gasteiger charge is -2.14. The minimum Gasteiger partial charge on any atom is -0.376 e. The van der Waals surface area contributed by atoms with Gasteiger partial charge in [0.05, 0.1) is 29.3 Å². The van der Waals surface area contributed by atoms with Gasteiger partial charge in [-0.3, -0.25) is 9.67 Å². The Hall–Kier alpha value is -2.43. The first-order valence-electron chi connectivity index (χ1n) is 6.62. The molecule has 5 nitrogen and oxygen atoms in total. The fourth-order valence-electron chi connectivity index (χ4n) is 2.34. The second kappa shape index (κ2) is 4.92. The van der Waals surface area contributed by atoms with Gasteiger partial charge in [0.1, 0.15) is 0 Å². The maximum Gasteiger partial charge on any atom is 0.157 e. The van der Waals surface area contributed by atoms with Gasteiger partial charge in [-0.15, -0.1) is 0 Å². The first-order chi connectivity index (χ1) is 9.65. The van der Waals surface area contributed by atoms with Crippen LogP contribution in [0.2, 0.25) is 0 Å². The third kappa shape index (κ3) is 2.22. The summed E-state index contributed by atoms with van der Waals surface area (Å²) in [6.45, 7) is 4.08. The van der Waals surface area contributed by atoms with Gasteiger partial charge in [0, 0.05) is 18.6 Å². The molecule has 3 aromatic rings. The number of anilines is 1. The van der Waals surface area contributed by atoms with E-state index in [0.29, 0.717) is 0 Å². The summed E-state index contributed by atoms with van der Waals surface area (Å²) in [6, 6.07) is 8.14.